The Hall–Kier alpha value is -0.560. The highest BCUT2D eigenvalue weighted by Gasteiger charge is 2.44. The zero-order chi connectivity index (χ0) is 43.1. The molecule has 2 N–H and O–H groups in total. The normalized spacial score (nSPS) is 24.0. The molecule has 0 aromatic rings. The molecular formula is C46H84O14. The third-order valence-corrected chi connectivity index (χ3v) is 15.0. The van der Waals surface area contributed by atoms with Crippen LogP contribution in [0.4, 0.5) is 0 Å². The molecule has 6 fully saturated rings. The van der Waals surface area contributed by atoms with Gasteiger partial charge in [-0.15, -0.1) is 0 Å². The van der Waals surface area contributed by atoms with Crippen molar-refractivity contribution in [1.82, 2.24) is 0 Å². The van der Waals surface area contributed by atoms with Crippen LogP contribution >= 0.6 is 0 Å². The third kappa shape index (κ3) is 12.8. The minimum Gasteiger partial charge on any atom is -0.396 e. The Morgan fingerprint density at radius 2 is 0.500 bits per heavy atom. The summed E-state index contributed by atoms with van der Waals surface area (Å²) >= 11 is 0. The van der Waals surface area contributed by atoms with Crippen LogP contribution in [0.3, 0.4) is 0 Å². The SMILES string of the molecule is CCC1(COCC(CO)(COCC2(CC)COC2)COCC(CO)(COCC2(CC)COC2)COCC2(CC)COC2)COC1.CCC1(COCC2(CC)COC2)COC1. The zero-order valence-corrected chi connectivity index (χ0v) is 38.4. The summed E-state index contributed by atoms with van der Waals surface area (Å²) in [7, 11) is 0. The average molecular weight is 861 g/mol. The Bertz CT molecular complexity index is 1030. The van der Waals surface area contributed by atoms with E-state index in [9.17, 15) is 10.2 Å². The number of hydrogen-bond acceptors (Lipinski definition) is 14. The van der Waals surface area contributed by atoms with Crippen molar-refractivity contribution in [2.45, 2.75) is 80.1 Å². The summed E-state index contributed by atoms with van der Waals surface area (Å²) in [6, 6.07) is 0. The molecule has 0 unspecified atom stereocenters. The molecule has 6 heterocycles. The van der Waals surface area contributed by atoms with Gasteiger partial charge in [0.25, 0.3) is 0 Å². The smallest absolute Gasteiger partial charge is 0.0635 e. The van der Waals surface area contributed by atoms with E-state index in [1.807, 2.05) is 0 Å². The summed E-state index contributed by atoms with van der Waals surface area (Å²) in [5, 5.41) is 21.5. The summed E-state index contributed by atoms with van der Waals surface area (Å²) in [4.78, 5) is 0. The zero-order valence-electron chi connectivity index (χ0n) is 38.4. The van der Waals surface area contributed by atoms with Crippen LogP contribution in [0.5, 0.6) is 0 Å². The number of aliphatic hydroxyl groups excluding tert-OH is 2. The maximum absolute atomic E-state index is 10.8. The first-order chi connectivity index (χ1) is 29.0. The molecule has 0 aromatic carbocycles. The van der Waals surface area contributed by atoms with E-state index in [4.69, 9.17) is 56.8 Å². The van der Waals surface area contributed by atoms with Crippen molar-refractivity contribution in [2.75, 3.05) is 172 Å². The lowest BCUT2D eigenvalue weighted by atomic mass is 9.83. The van der Waals surface area contributed by atoms with E-state index >= 15 is 0 Å². The van der Waals surface area contributed by atoms with Crippen molar-refractivity contribution in [1.29, 1.82) is 0 Å². The fourth-order valence-corrected chi connectivity index (χ4v) is 8.11. The van der Waals surface area contributed by atoms with Crippen LogP contribution in [0.1, 0.15) is 80.1 Å². The maximum Gasteiger partial charge on any atom is 0.0635 e. The van der Waals surface area contributed by atoms with Crippen LogP contribution in [0.25, 0.3) is 0 Å². The van der Waals surface area contributed by atoms with E-state index in [1.54, 1.807) is 0 Å². The predicted octanol–water partition coefficient (Wildman–Crippen LogP) is 4.59. The van der Waals surface area contributed by atoms with E-state index in [0.29, 0.717) is 90.1 Å². The van der Waals surface area contributed by atoms with Gasteiger partial charge in [0, 0.05) is 32.5 Å². The molecule has 0 saturated carbocycles. The monoisotopic (exact) mass is 861 g/mol. The van der Waals surface area contributed by atoms with Crippen molar-refractivity contribution in [3.8, 4) is 0 Å². The molecule has 14 nitrogen and oxygen atoms in total. The molecule has 0 aromatic heterocycles. The molecule has 0 aliphatic carbocycles. The van der Waals surface area contributed by atoms with E-state index in [-0.39, 0.29) is 74.5 Å². The van der Waals surface area contributed by atoms with Crippen LogP contribution in [-0.2, 0) is 56.8 Å². The molecule has 14 heteroatoms. The number of ether oxygens (including phenoxy) is 12. The van der Waals surface area contributed by atoms with Gasteiger partial charge in [0.15, 0.2) is 0 Å². The van der Waals surface area contributed by atoms with Gasteiger partial charge >= 0.3 is 0 Å². The first kappa shape index (κ1) is 50.4. The summed E-state index contributed by atoms with van der Waals surface area (Å²) < 4.78 is 69.8. The number of rotatable bonds is 32. The first-order valence-corrected chi connectivity index (χ1v) is 23.1. The van der Waals surface area contributed by atoms with Crippen LogP contribution in [0.2, 0.25) is 0 Å². The molecule has 60 heavy (non-hydrogen) atoms. The largest absolute Gasteiger partial charge is 0.396 e. The number of aliphatic hydroxyl groups is 2. The molecular weight excluding hydrogens is 776 g/mol. The van der Waals surface area contributed by atoms with Gasteiger partial charge in [-0.1, -0.05) is 41.5 Å². The van der Waals surface area contributed by atoms with E-state index in [0.717, 1.165) is 78.2 Å². The molecule has 0 spiro atoms. The van der Waals surface area contributed by atoms with Crippen molar-refractivity contribution in [3.63, 3.8) is 0 Å². The lowest BCUT2D eigenvalue weighted by molar-refractivity contribution is -0.193. The standard InChI is InChI=1S/C34H62O11.C12H22O3/c1-5-29(11-37-12-29)19-41-23-33(9-35,24-42-20-30(6-2)13-38-14-30)27-45-28-34(10-36,25-43-21-31(7-3)15-39-16-31)26-44-22-32(8-4)17-40-18-32;1-3-11(5-13-6-11)9-15-10-12(4-2)7-14-8-12/h35-36H,5-28H2,1-4H3;3-10H2,1-2H3. The second-order valence-corrected chi connectivity index (χ2v) is 20.4. The lowest BCUT2D eigenvalue weighted by Crippen LogP contribution is -2.50. The van der Waals surface area contributed by atoms with Gasteiger partial charge < -0.3 is 67.1 Å². The van der Waals surface area contributed by atoms with Gasteiger partial charge in [-0.3, -0.25) is 0 Å². The Morgan fingerprint density at radius 3 is 0.650 bits per heavy atom. The average Bonchev–Trinajstić information content (AvgIpc) is 3.17. The Kier molecular flexibility index (Phi) is 19.4. The molecule has 6 aliphatic rings. The Morgan fingerprint density at radius 1 is 0.317 bits per heavy atom. The maximum atomic E-state index is 10.8. The van der Waals surface area contributed by atoms with Crippen molar-refractivity contribution >= 4 is 0 Å². The van der Waals surface area contributed by atoms with Gasteiger partial charge in [-0.05, 0) is 38.5 Å². The fraction of sp³-hybridized carbons (Fsp3) is 1.00. The van der Waals surface area contributed by atoms with Gasteiger partial charge in [-0.25, -0.2) is 0 Å². The highest BCUT2D eigenvalue weighted by atomic mass is 16.6. The lowest BCUT2D eigenvalue weighted by Gasteiger charge is -2.44. The fourth-order valence-electron chi connectivity index (χ4n) is 8.11. The van der Waals surface area contributed by atoms with Gasteiger partial charge in [0.1, 0.15) is 0 Å². The van der Waals surface area contributed by atoms with E-state index < -0.39 is 10.8 Å². The van der Waals surface area contributed by atoms with Crippen molar-refractivity contribution in [2.24, 2.45) is 43.3 Å². The highest BCUT2D eigenvalue weighted by Crippen LogP contribution is 2.38. The summed E-state index contributed by atoms with van der Waals surface area (Å²) in [5.41, 5.74) is -0.785. The van der Waals surface area contributed by atoms with Gasteiger partial charge in [-0.2, -0.15) is 0 Å². The van der Waals surface area contributed by atoms with Crippen LogP contribution in [-0.4, -0.2) is 182 Å². The second-order valence-electron chi connectivity index (χ2n) is 20.4. The highest BCUT2D eigenvalue weighted by molar-refractivity contribution is 4.91. The molecule has 0 bridgehead atoms. The Labute approximate surface area is 361 Å². The quantitative estimate of drug-likeness (QED) is 0.0971. The topological polar surface area (TPSA) is 151 Å². The Balaban J connectivity index is 0.000000379. The van der Waals surface area contributed by atoms with Crippen molar-refractivity contribution < 1.29 is 67.1 Å². The second kappa shape index (κ2) is 23.1. The summed E-state index contributed by atoms with van der Waals surface area (Å²) in [6.07, 6.45) is 6.20. The van der Waals surface area contributed by atoms with E-state index in [1.165, 1.54) is 0 Å². The van der Waals surface area contributed by atoms with Crippen molar-refractivity contribution in [3.05, 3.63) is 0 Å². The van der Waals surface area contributed by atoms with Crippen LogP contribution in [0.15, 0.2) is 0 Å². The minimum absolute atomic E-state index is 0.0296. The molecule has 0 radical (unpaired) electrons. The molecule has 6 rings (SSSR count). The molecule has 6 saturated heterocycles. The van der Waals surface area contributed by atoms with Crippen LogP contribution in [0, 0.1) is 43.3 Å². The first-order valence-electron chi connectivity index (χ1n) is 23.1. The summed E-state index contributed by atoms with van der Waals surface area (Å²) in [5.74, 6) is 0. The molecule has 0 amide bonds. The molecule has 0 atom stereocenters. The molecule has 6 aliphatic heterocycles. The van der Waals surface area contributed by atoms with E-state index in [2.05, 4.69) is 41.5 Å². The third-order valence-electron chi connectivity index (χ3n) is 15.0. The molecule has 352 valence electrons. The predicted molar refractivity (Wildman–Crippen MR) is 225 cm³/mol. The van der Waals surface area contributed by atoms with Gasteiger partial charge in [0.05, 0.1) is 183 Å². The van der Waals surface area contributed by atoms with Crippen LogP contribution < -0.4 is 0 Å². The van der Waals surface area contributed by atoms with Gasteiger partial charge in [0.2, 0.25) is 0 Å². The summed E-state index contributed by atoms with van der Waals surface area (Å²) in [6.45, 7) is 27.3. The minimum atomic E-state index is -0.771. The number of hydrogen-bond donors (Lipinski definition) is 2.